The quantitative estimate of drug-likeness (QED) is 0.534. The van der Waals surface area contributed by atoms with E-state index >= 15 is 0 Å². The van der Waals surface area contributed by atoms with Crippen molar-refractivity contribution in [2.75, 3.05) is 14.2 Å². The van der Waals surface area contributed by atoms with Gasteiger partial charge < -0.3 is 14.8 Å². The molecule has 1 amide bonds. The standard InChI is InChI=1S/C20H21IN4O3/c1-12-7-13(2)25(24-12)19-6-5-14(10-22-19)11-23-20(26)15-8-17(27-3)18(28-4)9-16(15)21/h5-10H,11H2,1-4H3,(H,23,26). The predicted molar refractivity (Wildman–Crippen MR) is 114 cm³/mol. The Labute approximate surface area is 177 Å². The summed E-state index contributed by atoms with van der Waals surface area (Å²) in [5.41, 5.74) is 3.40. The van der Waals surface area contributed by atoms with Gasteiger partial charge in [-0.3, -0.25) is 4.79 Å². The monoisotopic (exact) mass is 492 g/mol. The fourth-order valence-corrected chi connectivity index (χ4v) is 3.50. The molecule has 0 fully saturated rings. The van der Waals surface area contributed by atoms with Gasteiger partial charge in [0.25, 0.3) is 5.91 Å². The number of nitrogens with zero attached hydrogens (tertiary/aromatic N) is 3. The molecule has 0 aliphatic carbocycles. The number of aromatic nitrogens is 3. The third-order valence-electron chi connectivity index (χ3n) is 4.21. The van der Waals surface area contributed by atoms with E-state index in [1.807, 2.05) is 32.0 Å². The summed E-state index contributed by atoms with van der Waals surface area (Å²) in [6, 6.07) is 9.28. The van der Waals surface area contributed by atoms with Crippen LogP contribution in [0.1, 0.15) is 27.3 Å². The lowest BCUT2D eigenvalue weighted by molar-refractivity contribution is 0.0949. The van der Waals surface area contributed by atoms with Crippen molar-refractivity contribution in [2.24, 2.45) is 0 Å². The number of ether oxygens (including phenoxy) is 2. The number of carbonyl (C=O) groups excluding carboxylic acids is 1. The number of methoxy groups -OCH3 is 2. The molecule has 0 saturated heterocycles. The summed E-state index contributed by atoms with van der Waals surface area (Å²) in [5.74, 6) is 1.67. The number of pyridine rings is 1. The van der Waals surface area contributed by atoms with Gasteiger partial charge in [-0.1, -0.05) is 6.07 Å². The Morgan fingerprint density at radius 1 is 1.14 bits per heavy atom. The normalized spacial score (nSPS) is 10.6. The maximum Gasteiger partial charge on any atom is 0.252 e. The number of amides is 1. The minimum Gasteiger partial charge on any atom is -0.493 e. The van der Waals surface area contributed by atoms with E-state index < -0.39 is 0 Å². The Hall–Kier alpha value is -2.62. The second kappa shape index (κ2) is 8.59. The molecule has 2 heterocycles. The van der Waals surface area contributed by atoms with Crippen molar-refractivity contribution in [3.8, 4) is 17.3 Å². The molecule has 0 radical (unpaired) electrons. The van der Waals surface area contributed by atoms with E-state index in [4.69, 9.17) is 9.47 Å². The van der Waals surface area contributed by atoms with Gasteiger partial charge in [-0.15, -0.1) is 0 Å². The fraction of sp³-hybridized carbons (Fsp3) is 0.250. The van der Waals surface area contributed by atoms with E-state index in [0.717, 1.165) is 26.3 Å². The lowest BCUT2D eigenvalue weighted by Gasteiger charge is -2.12. The highest BCUT2D eigenvalue weighted by Crippen LogP contribution is 2.31. The molecule has 0 spiro atoms. The summed E-state index contributed by atoms with van der Waals surface area (Å²) in [5, 5.41) is 7.34. The average molecular weight is 492 g/mol. The van der Waals surface area contributed by atoms with Gasteiger partial charge in [0.1, 0.15) is 0 Å². The van der Waals surface area contributed by atoms with E-state index in [1.54, 1.807) is 37.2 Å². The van der Waals surface area contributed by atoms with Crippen LogP contribution >= 0.6 is 22.6 Å². The molecule has 28 heavy (non-hydrogen) atoms. The zero-order valence-corrected chi connectivity index (χ0v) is 18.3. The van der Waals surface area contributed by atoms with Crippen molar-refractivity contribution in [3.05, 3.63) is 62.6 Å². The molecule has 8 heteroatoms. The number of carbonyl (C=O) groups is 1. The van der Waals surface area contributed by atoms with Gasteiger partial charge in [0.15, 0.2) is 17.3 Å². The van der Waals surface area contributed by atoms with Crippen LogP contribution in [0.5, 0.6) is 11.5 Å². The molecule has 1 N–H and O–H groups in total. The number of nitrogens with one attached hydrogen (secondary N) is 1. The highest BCUT2D eigenvalue weighted by Gasteiger charge is 2.15. The van der Waals surface area contributed by atoms with Gasteiger partial charge in [-0.05, 0) is 66.3 Å². The van der Waals surface area contributed by atoms with Crippen molar-refractivity contribution in [1.29, 1.82) is 0 Å². The Balaban J connectivity index is 1.70. The van der Waals surface area contributed by atoms with Crippen LogP contribution < -0.4 is 14.8 Å². The second-order valence-electron chi connectivity index (χ2n) is 6.23. The predicted octanol–water partition coefficient (Wildman–Crippen LogP) is 3.44. The number of rotatable bonds is 6. The number of aryl methyl sites for hydroxylation is 2. The van der Waals surface area contributed by atoms with Crippen LogP contribution in [0, 0.1) is 17.4 Å². The second-order valence-corrected chi connectivity index (χ2v) is 7.40. The van der Waals surface area contributed by atoms with E-state index in [0.29, 0.717) is 23.6 Å². The summed E-state index contributed by atoms with van der Waals surface area (Å²) in [4.78, 5) is 17.0. The first kappa shape index (κ1) is 20.1. The highest BCUT2D eigenvalue weighted by molar-refractivity contribution is 14.1. The molecule has 3 aromatic rings. The molecule has 3 rings (SSSR count). The molecule has 1 aromatic carbocycles. The van der Waals surface area contributed by atoms with E-state index in [-0.39, 0.29) is 5.91 Å². The van der Waals surface area contributed by atoms with Crippen LogP contribution in [-0.2, 0) is 6.54 Å². The number of hydrogen-bond acceptors (Lipinski definition) is 5. The highest BCUT2D eigenvalue weighted by atomic mass is 127. The Bertz CT molecular complexity index is 999. The summed E-state index contributed by atoms with van der Waals surface area (Å²) in [7, 11) is 3.11. The first-order chi connectivity index (χ1) is 13.4. The molecular weight excluding hydrogens is 471 g/mol. The summed E-state index contributed by atoms with van der Waals surface area (Å²) < 4.78 is 13.1. The minimum atomic E-state index is -0.187. The minimum absolute atomic E-state index is 0.187. The third-order valence-corrected chi connectivity index (χ3v) is 5.10. The summed E-state index contributed by atoms with van der Waals surface area (Å²) in [6.45, 7) is 4.30. The summed E-state index contributed by atoms with van der Waals surface area (Å²) in [6.07, 6.45) is 1.74. The smallest absolute Gasteiger partial charge is 0.252 e. The average Bonchev–Trinajstić information content (AvgIpc) is 3.04. The van der Waals surface area contributed by atoms with Crippen molar-refractivity contribution < 1.29 is 14.3 Å². The van der Waals surface area contributed by atoms with Crippen LogP contribution in [-0.4, -0.2) is 34.9 Å². The molecule has 0 saturated carbocycles. The van der Waals surface area contributed by atoms with E-state index in [2.05, 4.69) is 38.0 Å². The van der Waals surface area contributed by atoms with E-state index in [1.165, 1.54) is 0 Å². The van der Waals surface area contributed by atoms with Gasteiger partial charge in [-0.2, -0.15) is 5.10 Å². The van der Waals surface area contributed by atoms with Gasteiger partial charge in [0.05, 0.1) is 25.5 Å². The third kappa shape index (κ3) is 4.27. The van der Waals surface area contributed by atoms with Crippen LogP contribution in [0.2, 0.25) is 0 Å². The van der Waals surface area contributed by atoms with Gasteiger partial charge >= 0.3 is 0 Å². The molecular formula is C20H21IN4O3. The van der Waals surface area contributed by atoms with Crippen LogP contribution in [0.3, 0.4) is 0 Å². The molecule has 0 atom stereocenters. The Morgan fingerprint density at radius 3 is 2.43 bits per heavy atom. The van der Waals surface area contributed by atoms with Gasteiger partial charge in [0.2, 0.25) is 0 Å². The van der Waals surface area contributed by atoms with Crippen LogP contribution in [0.25, 0.3) is 5.82 Å². The molecule has 7 nitrogen and oxygen atoms in total. The lowest BCUT2D eigenvalue weighted by atomic mass is 10.2. The zero-order chi connectivity index (χ0) is 20.3. The van der Waals surface area contributed by atoms with Crippen molar-refractivity contribution in [1.82, 2.24) is 20.1 Å². The molecule has 0 aliphatic rings. The molecule has 0 aliphatic heterocycles. The lowest BCUT2D eigenvalue weighted by Crippen LogP contribution is -2.24. The van der Waals surface area contributed by atoms with Crippen molar-refractivity contribution in [3.63, 3.8) is 0 Å². The molecule has 0 unspecified atom stereocenters. The maximum absolute atomic E-state index is 12.6. The topological polar surface area (TPSA) is 78.3 Å². The number of benzene rings is 1. The molecule has 146 valence electrons. The first-order valence-electron chi connectivity index (χ1n) is 8.61. The molecule has 2 aromatic heterocycles. The van der Waals surface area contributed by atoms with E-state index in [9.17, 15) is 4.79 Å². The first-order valence-corrected chi connectivity index (χ1v) is 9.69. The maximum atomic E-state index is 12.6. The van der Waals surface area contributed by atoms with Crippen molar-refractivity contribution in [2.45, 2.75) is 20.4 Å². The van der Waals surface area contributed by atoms with Crippen LogP contribution in [0.4, 0.5) is 0 Å². The number of halogens is 1. The Morgan fingerprint density at radius 2 is 1.86 bits per heavy atom. The van der Waals surface area contributed by atoms with Crippen LogP contribution in [0.15, 0.2) is 36.5 Å². The fourth-order valence-electron chi connectivity index (χ4n) is 2.81. The zero-order valence-electron chi connectivity index (χ0n) is 16.1. The molecule has 0 bridgehead atoms. The largest absolute Gasteiger partial charge is 0.493 e. The Kier molecular flexibility index (Phi) is 6.18. The summed E-state index contributed by atoms with van der Waals surface area (Å²) >= 11 is 2.11. The van der Waals surface area contributed by atoms with Gasteiger partial charge in [-0.25, -0.2) is 9.67 Å². The van der Waals surface area contributed by atoms with Crippen molar-refractivity contribution >= 4 is 28.5 Å². The van der Waals surface area contributed by atoms with Gasteiger partial charge in [0, 0.05) is 22.0 Å². The SMILES string of the molecule is COc1cc(I)c(C(=O)NCc2ccc(-n3nc(C)cc3C)nc2)cc1OC. The number of hydrogen-bond donors (Lipinski definition) is 1.